The first-order valence-electron chi connectivity index (χ1n) is 10.6. The van der Waals surface area contributed by atoms with Crippen molar-refractivity contribution in [2.75, 3.05) is 39.8 Å². The van der Waals surface area contributed by atoms with Crippen molar-refractivity contribution in [3.05, 3.63) is 59.7 Å². The van der Waals surface area contributed by atoms with E-state index in [-0.39, 0.29) is 29.9 Å². The van der Waals surface area contributed by atoms with Crippen LogP contribution in [0.5, 0.6) is 0 Å². The normalized spacial score (nSPS) is 14.6. The number of hydrogen-bond donors (Lipinski definition) is 2. The highest BCUT2D eigenvalue weighted by molar-refractivity contribution is 14.0. The number of halogens is 1. The lowest BCUT2D eigenvalue weighted by molar-refractivity contribution is 0.0658. The zero-order chi connectivity index (χ0) is 20.9. The molecule has 0 bridgehead atoms. The minimum absolute atomic E-state index is 0. The summed E-state index contributed by atoms with van der Waals surface area (Å²) in [4.78, 5) is 24.3. The topological polar surface area (TPSA) is 76.9 Å². The van der Waals surface area contributed by atoms with Crippen molar-refractivity contribution in [2.24, 2.45) is 4.99 Å². The third-order valence-electron chi connectivity index (χ3n) is 5.76. The zero-order valence-electron chi connectivity index (χ0n) is 18.1. The van der Waals surface area contributed by atoms with Crippen LogP contribution >= 0.6 is 24.0 Å². The molecule has 1 fully saturated rings. The molecule has 31 heavy (non-hydrogen) atoms. The van der Waals surface area contributed by atoms with E-state index in [1.807, 2.05) is 11.9 Å². The van der Waals surface area contributed by atoms with Crippen molar-refractivity contribution in [1.82, 2.24) is 20.1 Å². The smallest absolute Gasteiger partial charge is 0.289 e. The molecule has 1 saturated heterocycles. The van der Waals surface area contributed by atoms with Gasteiger partial charge in [0.15, 0.2) is 11.7 Å². The Morgan fingerprint density at radius 1 is 1.13 bits per heavy atom. The Labute approximate surface area is 199 Å². The zero-order valence-corrected chi connectivity index (χ0v) is 20.4. The van der Waals surface area contributed by atoms with Crippen LogP contribution in [-0.4, -0.2) is 66.4 Å². The molecule has 7 nitrogen and oxygen atoms in total. The van der Waals surface area contributed by atoms with E-state index in [2.05, 4.69) is 51.5 Å². The lowest BCUT2D eigenvalue weighted by Crippen LogP contribution is -2.53. The summed E-state index contributed by atoms with van der Waals surface area (Å²) in [5.74, 6) is 1.23. The summed E-state index contributed by atoms with van der Waals surface area (Å²) in [5.41, 5.74) is 3.92. The molecule has 3 aromatic rings. The molecule has 0 atom stereocenters. The fourth-order valence-corrected chi connectivity index (χ4v) is 4.10. The number of fused-ring (bicyclic) bond motifs is 1. The average Bonchev–Trinajstić information content (AvgIpc) is 3.47. The van der Waals surface area contributed by atoms with E-state index in [0.29, 0.717) is 18.8 Å². The number of para-hydroxylation sites is 1. The first-order valence-corrected chi connectivity index (χ1v) is 10.6. The average molecular weight is 535 g/mol. The fraction of sp³-hybridized carbons (Fsp3) is 0.391. The van der Waals surface area contributed by atoms with Gasteiger partial charge in [-0.3, -0.25) is 9.79 Å². The second-order valence-electron chi connectivity index (χ2n) is 7.49. The van der Waals surface area contributed by atoms with E-state index in [1.165, 1.54) is 28.3 Å². The number of benzene rings is 1. The van der Waals surface area contributed by atoms with Gasteiger partial charge in [0.25, 0.3) is 5.91 Å². The van der Waals surface area contributed by atoms with Crippen molar-refractivity contribution >= 4 is 46.7 Å². The number of aryl methyl sites for hydroxylation is 1. The Balaban J connectivity index is 0.00000272. The van der Waals surface area contributed by atoms with Crippen LogP contribution in [0, 0.1) is 0 Å². The predicted octanol–water partition coefficient (Wildman–Crippen LogP) is 3.52. The molecular weight excluding hydrogens is 505 g/mol. The van der Waals surface area contributed by atoms with E-state index in [1.54, 1.807) is 12.1 Å². The first-order chi connectivity index (χ1) is 14.7. The minimum atomic E-state index is -0.0478. The Morgan fingerprint density at radius 3 is 2.58 bits per heavy atom. The summed E-state index contributed by atoms with van der Waals surface area (Å²) in [6.45, 7) is 5.80. The Bertz CT molecular complexity index is 1020. The van der Waals surface area contributed by atoms with E-state index >= 15 is 0 Å². The number of amides is 1. The molecule has 4 rings (SSSR count). The van der Waals surface area contributed by atoms with Crippen LogP contribution in [0.2, 0.25) is 0 Å². The number of aromatic nitrogens is 1. The summed E-state index contributed by atoms with van der Waals surface area (Å²) in [6.07, 6.45) is 5.60. The highest BCUT2D eigenvalue weighted by Crippen LogP contribution is 2.22. The van der Waals surface area contributed by atoms with Gasteiger partial charge in [-0.05, 0) is 36.1 Å². The lowest BCUT2D eigenvalue weighted by Gasteiger charge is -2.36. The molecule has 1 aliphatic heterocycles. The van der Waals surface area contributed by atoms with Crippen LogP contribution < -0.4 is 5.32 Å². The summed E-state index contributed by atoms with van der Waals surface area (Å²) >= 11 is 0. The molecule has 1 aliphatic rings. The second kappa shape index (κ2) is 10.7. The SMILES string of the molecule is CCc1cccc2c(CCNC(=NC)N3CCN(C(=O)c4ccco4)CC3)c[nH]c12.I. The molecule has 1 aromatic carbocycles. The van der Waals surface area contributed by atoms with Gasteiger partial charge in [-0.2, -0.15) is 0 Å². The van der Waals surface area contributed by atoms with Crippen LogP contribution in [0.4, 0.5) is 0 Å². The Kier molecular flexibility index (Phi) is 8.00. The van der Waals surface area contributed by atoms with E-state index in [4.69, 9.17) is 4.42 Å². The maximum absolute atomic E-state index is 12.4. The van der Waals surface area contributed by atoms with Gasteiger partial charge >= 0.3 is 0 Å². The number of carbonyl (C=O) groups is 1. The van der Waals surface area contributed by atoms with E-state index < -0.39 is 0 Å². The quantitative estimate of drug-likeness (QED) is 0.298. The molecule has 0 radical (unpaired) electrons. The number of carbonyl (C=O) groups excluding carboxylic acids is 1. The first kappa shape index (κ1) is 23.2. The van der Waals surface area contributed by atoms with Crippen molar-refractivity contribution < 1.29 is 9.21 Å². The van der Waals surface area contributed by atoms with Crippen LogP contribution in [-0.2, 0) is 12.8 Å². The molecule has 0 spiro atoms. The summed E-state index contributed by atoms with van der Waals surface area (Å²) in [5, 5.41) is 4.78. The number of aromatic amines is 1. The van der Waals surface area contributed by atoms with Gasteiger partial charge in [0.1, 0.15) is 0 Å². The summed E-state index contributed by atoms with van der Waals surface area (Å²) < 4.78 is 5.23. The highest BCUT2D eigenvalue weighted by Gasteiger charge is 2.25. The molecule has 0 unspecified atom stereocenters. The van der Waals surface area contributed by atoms with Crippen LogP contribution in [0.15, 0.2) is 52.2 Å². The molecule has 2 aromatic heterocycles. The van der Waals surface area contributed by atoms with Gasteiger partial charge < -0.3 is 24.5 Å². The number of nitrogens with one attached hydrogen (secondary N) is 2. The van der Waals surface area contributed by atoms with Crippen molar-refractivity contribution in [3.8, 4) is 0 Å². The maximum Gasteiger partial charge on any atom is 0.289 e. The predicted molar refractivity (Wildman–Crippen MR) is 134 cm³/mol. The molecule has 2 N–H and O–H groups in total. The number of piperazine rings is 1. The Hall–Kier alpha value is -2.49. The number of aliphatic imine (C=N–C) groups is 1. The third-order valence-corrected chi connectivity index (χ3v) is 5.76. The van der Waals surface area contributed by atoms with Gasteiger partial charge in [0.2, 0.25) is 0 Å². The summed E-state index contributed by atoms with van der Waals surface area (Å²) in [7, 11) is 1.81. The number of nitrogens with zero attached hydrogens (tertiary/aromatic N) is 3. The van der Waals surface area contributed by atoms with Gasteiger partial charge in [-0.25, -0.2) is 0 Å². The summed E-state index contributed by atoms with van der Waals surface area (Å²) in [6, 6.07) is 9.95. The standard InChI is InChI=1S/C23H29N5O2.HI/c1-3-17-6-4-7-19-18(16-26-21(17)19)9-10-25-23(24-2)28-13-11-27(12-14-28)22(29)20-8-5-15-30-20;/h4-8,15-16,26H,3,9-14H2,1-2H3,(H,24,25);1H. The molecular formula is C23H30IN5O2. The third kappa shape index (κ3) is 5.06. The number of rotatable bonds is 5. The molecule has 3 heterocycles. The van der Waals surface area contributed by atoms with Crippen LogP contribution in [0.1, 0.15) is 28.6 Å². The van der Waals surface area contributed by atoms with Crippen molar-refractivity contribution in [3.63, 3.8) is 0 Å². The monoisotopic (exact) mass is 535 g/mol. The van der Waals surface area contributed by atoms with E-state index in [0.717, 1.165) is 38.4 Å². The number of H-pyrrole nitrogens is 1. The van der Waals surface area contributed by atoms with Gasteiger partial charge in [-0.15, -0.1) is 24.0 Å². The highest BCUT2D eigenvalue weighted by atomic mass is 127. The Morgan fingerprint density at radius 2 is 1.90 bits per heavy atom. The molecule has 0 saturated carbocycles. The van der Waals surface area contributed by atoms with E-state index in [9.17, 15) is 4.79 Å². The molecule has 8 heteroatoms. The minimum Gasteiger partial charge on any atom is -0.459 e. The largest absolute Gasteiger partial charge is 0.459 e. The van der Waals surface area contributed by atoms with Crippen molar-refractivity contribution in [1.29, 1.82) is 0 Å². The number of furan rings is 1. The van der Waals surface area contributed by atoms with Crippen LogP contribution in [0.3, 0.4) is 0 Å². The van der Waals surface area contributed by atoms with Gasteiger partial charge in [0, 0.05) is 56.9 Å². The molecule has 1 amide bonds. The second-order valence-corrected chi connectivity index (χ2v) is 7.49. The van der Waals surface area contributed by atoms with Crippen LogP contribution in [0.25, 0.3) is 10.9 Å². The molecule has 166 valence electrons. The number of hydrogen-bond acceptors (Lipinski definition) is 3. The number of guanidine groups is 1. The maximum atomic E-state index is 12.4. The fourth-order valence-electron chi connectivity index (χ4n) is 4.10. The lowest BCUT2D eigenvalue weighted by atomic mass is 10.1. The van der Waals surface area contributed by atoms with Gasteiger partial charge in [-0.1, -0.05) is 25.1 Å². The molecule has 0 aliphatic carbocycles. The van der Waals surface area contributed by atoms with Crippen molar-refractivity contribution in [2.45, 2.75) is 19.8 Å². The van der Waals surface area contributed by atoms with Gasteiger partial charge in [0.05, 0.1) is 6.26 Å².